The summed E-state index contributed by atoms with van der Waals surface area (Å²) in [6, 6.07) is 12.0. The highest BCUT2D eigenvalue weighted by atomic mass is 32.2. The third-order valence-corrected chi connectivity index (χ3v) is 5.45. The summed E-state index contributed by atoms with van der Waals surface area (Å²) < 4.78 is 37.3. The summed E-state index contributed by atoms with van der Waals surface area (Å²) >= 11 is 0. The Balaban J connectivity index is 2.09. The van der Waals surface area contributed by atoms with Crippen molar-refractivity contribution in [1.82, 2.24) is 4.72 Å². The summed E-state index contributed by atoms with van der Waals surface area (Å²) in [6.45, 7) is 4.80. The summed E-state index contributed by atoms with van der Waals surface area (Å²) in [7, 11) is -2.28. The van der Waals surface area contributed by atoms with Gasteiger partial charge in [-0.25, -0.2) is 17.9 Å². The zero-order valence-corrected chi connectivity index (χ0v) is 17.4. The maximum absolute atomic E-state index is 12.4. The molecule has 0 aliphatic carbocycles. The highest BCUT2D eigenvalue weighted by Gasteiger charge is 2.22. The Kier molecular flexibility index (Phi) is 7.35. The van der Waals surface area contributed by atoms with Crippen LogP contribution in [0, 0.1) is 0 Å². The zero-order chi connectivity index (χ0) is 21.6. The lowest BCUT2D eigenvalue weighted by molar-refractivity contribution is -0.123. The molecule has 1 atom stereocenters. The topological polar surface area (TPSA) is 111 Å². The molecule has 2 aromatic rings. The molecule has 0 heterocycles. The Hall–Kier alpha value is -2.91. The summed E-state index contributed by atoms with van der Waals surface area (Å²) in [5, 5.41) is 2.63. The molecule has 0 aromatic heterocycles. The standard InChI is InChI=1S/C20H24N2O6S/c1-13(2)22-29(25,26)16-9-7-8-15(12-16)20(24)28-14(3)19(23)21-17-10-5-6-11-18(17)27-4/h5-14,22H,1-4H3,(H,21,23)/t14-/m1/s1. The van der Waals surface area contributed by atoms with Gasteiger partial charge in [0.25, 0.3) is 5.91 Å². The SMILES string of the molecule is COc1ccccc1NC(=O)[C@@H](C)OC(=O)c1cccc(S(=O)(=O)NC(C)C)c1. The molecule has 9 heteroatoms. The van der Waals surface area contributed by atoms with E-state index >= 15 is 0 Å². The molecule has 2 rings (SSSR count). The van der Waals surface area contributed by atoms with Gasteiger partial charge in [0.1, 0.15) is 5.75 Å². The second-order valence-corrected chi connectivity index (χ2v) is 8.25. The van der Waals surface area contributed by atoms with Crippen molar-refractivity contribution in [3.8, 4) is 5.75 Å². The lowest BCUT2D eigenvalue weighted by Crippen LogP contribution is -2.31. The van der Waals surface area contributed by atoms with Crippen molar-refractivity contribution < 1.29 is 27.5 Å². The molecule has 29 heavy (non-hydrogen) atoms. The van der Waals surface area contributed by atoms with E-state index in [1.54, 1.807) is 38.1 Å². The fourth-order valence-corrected chi connectivity index (χ4v) is 3.73. The number of carbonyl (C=O) groups excluding carboxylic acids is 2. The number of rotatable bonds is 8. The second kappa shape index (κ2) is 9.53. The average Bonchev–Trinajstić information content (AvgIpc) is 2.67. The van der Waals surface area contributed by atoms with E-state index in [0.29, 0.717) is 11.4 Å². The molecule has 0 spiro atoms. The van der Waals surface area contributed by atoms with E-state index < -0.39 is 28.0 Å². The number of esters is 1. The Labute approximate surface area is 170 Å². The molecular formula is C20H24N2O6S. The minimum atomic E-state index is -3.76. The van der Waals surface area contributed by atoms with E-state index in [0.717, 1.165) is 0 Å². The van der Waals surface area contributed by atoms with Gasteiger partial charge in [-0.05, 0) is 51.1 Å². The van der Waals surface area contributed by atoms with E-state index in [9.17, 15) is 18.0 Å². The van der Waals surface area contributed by atoms with Crippen LogP contribution in [0.4, 0.5) is 5.69 Å². The molecule has 1 amide bonds. The molecule has 2 aromatic carbocycles. The van der Waals surface area contributed by atoms with E-state index in [1.165, 1.54) is 38.3 Å². The number of para-hydroxylation sites is 2. The monoisotopic (exact) mass is 420 g/mol. The first-order chi connectivity index (χ1) is 13.6. The summed E-state index contributed by atoms with van der Waals surface area (Å²) in [5.41, 5.74) is 0.462. The number of anilines is 1. The lowest BCUT2D eigenvalue weighted by Gasteiger charge is -2.15. The number of hydrogen-bond acceptors (Lipinski definition) is 6. The molecule has 0 unspecified atom stereocenters. The molecule has 0 radical (unpaired) electrons. The molecule has 0 saturated carbocycles. The molecule has 8 nitrogen and oxygen atoms in total. The maximum atomic E-state index is 12.4. The molecule has 156 valence electrons. The molecule has 0 aliphatic heterocycles. The van der Waals surface area contributed by atoms with Crippen molar-refractivity contribution in [2.45, 2.75) is 37.8 Å². The highest BCUT2D eigenvalue weighted by molar-refractivity contribution is 7.89. The fourth-order valence-electron chi connectivity index (χ4n) is 2.43. The summed E-state index contributed by atoms with van der Waals surface area (Å²) in [5.74, 6) is -0.891. The molecule has 0 fully saturated rings. The van der Waals surface area contributed by atoms with Crippen molar-refractivity contribution in [2.75, 3.05) is 12.4 Å². The number of carbonyl (C=O) groups is 2. The van der Waals surface area contributed by atoms with Crippen LogP contribution < -0.4 is 14.8 Å². The largest absolute Gasteiger partial charge is 0.495 e. The maximum Gasteiger partial charge on any atom is 0.338 e. The van der Waals surface area contributed by atoms with Crippen LogP contribution in [-0.4, -0.2) is 39.5 Å². The van der Waals surface area contributed by atoms with Crippen LogP contribution in [0.25, 0.3) is 0 Å². The Morgan fingerprint density at radius 3 is 2.34 bits per heavy atom. The van der Waals surface area contributed by atoms with Gasteiger partial charge in [0.05, 0.1) is 23.3 Å². The third kappa shape index (κ3) is 6.03. The van der Waals surface area contributed by atoms with Crippen LogP contribution in [0.1, 0.15) is 31.1 Å². The second-order valence-electron chi connectivity index (χ2n) is 6.54. The predicted octanol–water partition coefficient (Wildman–Crippen LogP) is 2.57. The molecule has 2 N–H and O–H groups in total. The Bertz CT molecular complexity index is 988. The van der Waals surface area contributed by atoms with Crippen molar-refractivity contribution in [3.05, 3.63) is 54.1 Å². The minimum Gasteiger partial charge on any atom is -0.495 e. The van der Waals surface area contributed by atoms with Gasteiger partial charge in [-0.3, -0.25) is 4.79 Å². The van der Waals surface area contributed by atoms with Crippen LogP contribution >= 0.6 is 0 Å². The van der Waals surface area contributed by atoms with Gasteiger partial charge >= 0.3 is 5.97 Å². The van der Waals surface area contributed by atoms with Crippen LogP contribution in [0.5, 0.6) is 5.75 Å². The van der Waals surface area contributed by atoms with E-state index in [4.69, 9.17) is 9.47 Å². The number of amides is 1. The van der Waals surface area contributed by atoms with Crippen molar-refractivity contribution >= 4 is 27.6 Å². The number of hydrogen-bond donors (Lipinski definition) is 2. The van der Waals surface area contributed by atoms with E-state index in [2.05, 4.69) is 10.0 Å². The third-order valence-electron chi connectivity index (χ3n) is 3.79. The normalized spacial score (nSPS) is 12.3. The smallest absolute Gasteiger partial charge is 0.338 e. The number of methoxy groups -OCH3 is 1. The molecule has 0 saturated heterocycles. The van der Waals surface area contributed by atoms with Crippen molar-refractivity contribution in [2.24, 2.45) is 0 Å². The van der Waals surface area contributed by atoms with Crippen molar-refractivity contribution in [3.63, 3.8) is 0 Å². The summed E-state index contributed by atoms with van der Waals surface area (Å²) in [6.07, 6.45) is -1.11. The quantitative estimate of drug-likeness (QED) is 0.635. The lowest BCUT2D eigenvalue weighted by atomic mass is 10.2. The average molecular weight is 420 g/mol. The van der Waals surface area contributed by atoms with Gasteiger partial charge in [-0.1, -0.05) is 18.2 Å². The Morgan fingerprint density at radius 2 is 1.69 bits per heavy atom. The van der Waals surface area contributed by atoms with Gasteiger partial charge < -0.3 is 14.8 Å². The van der Waals surface area contributed by atoms with Gasteiger partial charge in [-0.15, -0.1) is 0 Å². The summed E-state index contributed by atoms with van der Waals surface area (Å²) in [4.78, 5) is 24.7. The van der Waals surface area contributed by atoms with Crippen LogP contribution in [0.2, 0.25) is 0 Å². The van der Waals surface area contributed by atoms with Gasteiger partial charge in [0.15, 0.2) is 6.10 Å². The van der Waals surface area contributed by atoms with Gasteiger partial charge in [-0.2, -0.15) is 0 Å². The van der Waals surface area contributed by atoms with Crippen LogP contribution in [-0.2, 0) is 19.6 Å². The van der Waals surface area contributed by atoms with Crippen LogP contribution in [0.3, 0.4) is 0 Å². The fraction of sp³-hybridized carbons (Fsp3) is 0.300. The number of ether oxygens (including phenoxy) is 2. The predicted molar refractivity (Wildman–Crippen MR) is 108 cm³/mol. The Morgan fingerprint density at radius 1 is 1.00 bits per heavy atom. The van der Waals surface area contributed by atoms with E-state index in [-0.39, 0.29) is 16.5 Å². The van der Waals surface area contributed by atoms with Crippen molar-refractivity contribution in [1.29, 1.82) is 0 Å². The first kappa shape index (κ1) is 22.4. The van der Waals surface area contributed by atoms with Gasteiger partial charge in [0, 0.05) is 6.04 Å². The number of benzene rings is 2. The minimum absolute atomic E-state index is 0.0218. The molecule has 0 aliphatic rings. The van der Waals surface area contributed by atoms with E-state index in [1.807, 2.05) is 0 Å². The first-order valence-corrected chi connectivity index (χ1v) is 10.4. The first-order valence-electron chi connectivity index (χ1n) is 8.91. The number of nitrogens with one attached hydrogen (secondary N) is 2. The highest BCUT2D eigenvalue weighted by Crippen LogP contribution is 2.23. The zero-order valence-electron chi connectivity index (χ0n) is 16.6. The van der Waals surface area contributed by atoms with Crippen LogP contribution in [0.15, 0.2) is 53.4 Å². The molecule has 0 bridgehead atoms. The van der Waals surface area contributed by atoms with Gasteiger partial charge in [0.2, 0.25) is 10.0 Å². The number of sulfonamides is 1. The molecular weight excluding hydrogens is 396 g/mol.